The zero-order chi connectivity index (χ0) is 12.8. The van der Waals surface area contributed by atoms with E-state index in [9.17, 15) is 4.79 Å². The number of alkyl halides is 1. The van der Waals surface area contributed by atoms with Crippen LogP contribution in [0.5, 0.6) is 0 Å². The number of rotatable bonds is 4. The molecule has 0 aromatic carbocycles. The molecule has 1 unspecified atom stereocenters. The molecule has 4 bridgehead atoms. The van der Waals surface area contributed by atoms with E-state index in [-0.39, 0.29) is 5.41 Å². The number of carbonyl (C=O) groups is 1. The number of amides is 1. The number of nitrogens with one attached hydrogen (secondary N) is 1. The normalized spacial score (nSPS) is 42.9. The Bertz CT molecular complexity index is 306. The first kappa shape index (κ1) is 13.0. The summed E-state index contributed by atoms with van der Waals surface area (Å²) in [7, 11) is 0. The molecule has 4 rings (SSSR count). The largest absolute Gasteiger partial charge is 0.355 e. The number of halogens is 1. The molecule has 0 aromatic heterocycles. The van der Waals surface area contributed by atoms with Crippen LogP contribution < -0.4 is 5.32 Å². The molecule has 0 spiro atoms. The SMILES string of the molecule is CC(CBr)CNC(=O)C12CC3CC(CC(C3)C1)C2. The Morgan fingerprint density at radius 2 is 1.72 bits per heavy atom. The maximum absolute atomic E-state index is 12.6. The lowest BCUT2D eigenvalue weighted by molar-refractivity contribution is -0.146. The van der Waals surface area contributed by atoms with Crippen LogP contribution in [0.2, 0.25) is 0 Å². The lowest BCUT2D eigenvalue weighted by Crippen LogP contribution is -2.54. The average molecular weight is 314 g/mol. The van der Waals surface area contributed by atoms with Crippen molar-refractivity contribution in [2.45, 2.75) is 45.4 Å². The van der Waals surface area contributed by atoms with Crippen molar-refractivity contribution in [1.29, 1.82) is 0 Å². The van der Waals surface area contributed by atoms with Crippen molar-refractivity contribution < 1.29 is 4.79 Å². The minimum Gasteiger partial charge on any atom is -0.355 e. The van der Waals surface area contributed by atoms with Crippen molar-refractivity contribution in [3.8, 4) is 0 Å². The van der Waals surface area contributed by atoms with Gasteiger partial charge in [-0.25, -0.2) is 0 Å². The van der Waals surface area contributed by atoms with Gasteiger partial charge < -0.3 is 5.32 Å². The second-order valence-electron chi connectivity index (χ2n) is 7.17. The van der Waals surface area contributed by atoms with Gasteiger partial charge in [0.25, 0.3) is 0 Å². The molecule has 0 aromatic rings. The van der Waals surface area contributed by atoms with Crippen molar-refractivity contribution in [3.05, 3.63) is 0 Å². The van der Waals surface area contributed by atoms with Crippen LogP contribution >= 0.6 is 15.9 Å². The fraction of sp³-hybridized carbons (Fsp3) is 0.933. The van der Waals surface area contributed by atoms with Gasteiger partial charge in [0.15, 0.2) is 0 Å². The second kappa shape index (κ2) is 4.81. The number of hydrogen-bond donors (Lipinski definition) is 1. The molecule has 2 nitrogen and oxygen atoms in total. The van der Waals surface area contributed by atoms with Crippen molar-refractivity contribution in [3.63, 3.8) is 0 Å². The van der Waals surface area contributed by atoms with Crippen LogP contribution in [-0.4, -0.2) is 17.8 Å². The number of carbonyl (C=O) groups excluding carboxylic acids is 1. The first-order valence-electron chi connectivity index (χ1n) is 7.45. The summed E-state index contributed by atoms with van der Waals surface area (Å²) in [5, 5.41) is 4.19. The summed E-state index contributed by atoms with van der Waals surface area (Å²) < 4.78 is 0. The lowest BCUT2D eigenvalue weighted by atomic mass is 9.49. The molecule has 1 N–H and O–H groups in total. The Hall–Kier alpha value is -0.0500. The van der Waals surface area contributed by atoms with Gasteiger partial charge >= 0.3 is 0 Å². The van der Waals surface area contributed by atoms with E-state index in [0.29, 0.717) is 11.8 Å². The first-order valence-corrected chi connectivity index (χ1v) is 8.58. The van der Waals surface area contributed by atoms with E-state index < -0.39 is 0 Å². The Morgan fingerprint density at radius 1 is 1.22 bits per heavy atom. The van der Waals surface area contributed by atoms with E-state index >= 15 is 0 Å². The predicted molar refractivity (Wildman–Crippen MR) is 76.6 cm³/mol. The average Bonchev–Trinajstić information content (AvgIpc) is 2.33. The summed E-state index contributed by atoms with van der Waals surface area (Å²) in [6.07, 6.45) is 7.74. The maximum Gasteiger partial charge on any atom is 0.226 e. The quantitative estimate of drug-likeness (QED) is 0.792. The fourth-order valence-corrected chi connectivity index (χ4v) is 5.13. The predicted octanol–water partition coefficient (Wildman–Crippen LogP) is 3.35. The summed E-state index contributed by atoms with van der Waals surface area (Å²) in [5.74, 6) is 3.47. The molecule has 4 aliphatic rings. The summed E-state index contributed by atoms with van der Waals surface area (Å²) in [6, 6.07) is 0. The molecule has 0 radical (unpaired) electrons. The molecule has 18 heavy (non-hydrogen) atoms. The fourth-order valence-electron chi connectivity index (χ4n) is 4.90. The van der Waals surface area contributed by atoms with Crippen molar-refractivity contribution in [2.75, 3.05) is 11.9 Å². The summed E-state index contributed by atoms with van der Waals surface area (Å²) in [5.41, 5.74) is 0.0286. The van der Waals surface area contributed by atoms with Crippen LogP contribution in [0.25, 0.3) is 0 Å². The monoisotopic (exact) mass is 313 g/mol. The van der Waals surface area contributed by atoms with Gasteiger partial charge in [-0.3, -0.25) is 4.79 Å². The van der Waals surface area contributed by atoms with E-state index in [1.165, 1.54) is 38.5 Å². The summed E-state index contributed by atoms with van der Waals surface area (Å²) >= 11 is 3.48. The van der Waals surface area contributed by atoms with Gasteiger partial charge in [-0.05, 0) is 62.2 Å². The van der Waals surface area contributed by atoms with Crippen LogP contribution in [0.1, 0.15) is 45.4 Å². The molecule has 0 heterocycles. The highest BCUT2D eigenvalue weighted by Crippen LogP contribution is 2.60. The highest BCUT2D eigenvalue weighted by molar-refractivity contribution is 9.09. The molecule has 102 valence electrons. The van der Waals surface area contributed by atoms with E-state index in [0.717, 1.165) is 29.6 Å². The molecule has 1 atom stereocenters. The van der Waals surface area contributed by atoms with Crippen LogP contribution in [0.4, 0.5) is 0 Å². The lowest BCUT2D eigenvalue weighted by Gasteiger charge is -2.55. The van der Waals surface area contributed by atoms with Crippen LogP contribution in [0.15, 0.2) is 0 Å². The van der Waals surface area contributed by atoms with Gasteiger partial charge in [-0.1, -0.05) is 22.9 Å². The van der Waals surface area contributed by atoms with Gasteiger partial charge in [-0.2, -0.15) is 0 Å². The Labute approximate surface area is 118 Å². The molecule has 4 saturated carbocycles. The Morgan fingerprint density at radius 3 is 2.17 bits per heavy atom. The Balaban J connectivity index is 1.66. The molecule has 3 heteroatoms. The van der Waals surface area contributed by atoms with Gasteiger partial charge in [-0.15, -0.1) is 0 Å². The van der Waals surface area contributed by atoms with Crippen molar-refractivity contribution in [1.82, 2.24) is 5.32 Å². The maximum atomic E-state index is 12.6. The van der Waals surface area contributed by atoms with E-state index in [1.54, 1.807) is 0 Å². The minimum atomic E-state index is 0.0286. The molecule has 4 aliphatic carbocycles. The van der Waals surface area contributed by atoms with E-state index in [4.69, 9.17) is 0 Å². The topological polar surface area (TPSA) is 29.1 Å². The van der Waals surface area contributed by atoms with Gasteiger partial charge in [0.2, 0.25) is 5.91 Å². The van der Waals surface area contributed by atoms with Crippen molar-refractivity contribution in [2.24, 2.45) is 29.1 Å². The third-order valence-electron chi connectivity index (χ3n) is 5.39. The second-order valence-corrected chi connectivity index (χ2v) is 7.81. The zero-order valence-corrected chi connectivity index (χ0v) is 12.8. The zero-order valence-electron chi connectivity index (χ0n) is 11.3. The highest BCUT2D eigenvalue weighted by atomic mass is 79.9. The molecule has 4 fully saturated rings. The third-order valence-corrected chi connectivity index (χ3v) is 6.50. The smallest absolute Gasteiger partial charge is 0.226 e. The Kier molecular flexibility index (Phi) is 3.46. The first-order chi connectivity index (χ1) is 8.61. The summed E-state index contributed by atoms with van der Waals surface area (Å²) in [6.45, 7) is 3.00. The number of hydrogen-bond acceptors (Lipinski definition) is 1. The third kappa shape index (κ3) is 2.23. The van der Waals surface area contributed by atoms with E-state index in [1.807, 2.05) is 0 Å². The molecule has 1 amide bonds. The van der Waals surface area contributed by atoms with Gasteiger partial charge in [0.05, 0.1) is 0 Å². The highest BCUT2D eigenvalue weighted by Gasteiger charge is 2.54. The van der Waals surface area contributed by atoms with Gasteiger partial charge in [0, 0.05) is 17.3 Å². The molecular weight excluding hydrogens is 290 g/mol. The standard InChI is InChI=1S/C15H24BrNO/c1-10(8-16)9-17-14(18)15-5-11-2-12(6-15)4-13(3-11)7-15/h10-13H,2-9H2,1H3,(H,17,18). The minimum absolute atomic E-state index is 0.0286. The molecular formula is C15H24BrNO. The molecule has 0 saturated heterocycles. The van der Waals surface area contributed by atoms with Crippen LogP contribution in [0.3, 0.4) is 0 Å². The van der Waals surface area contributed by atoms with Gasteiger partial charge in [0.1, 0.15) is 0 Å². The van der Waals surface area contributed by atoms with Crippen LogP contribution in [-0.2, 0) is 4.79 Å². The van der Waals surface area contributed by atoms with E-state index in [2.05, 4.69) is 28.2 Å². The summed E-state index contributed by atoms with van der Waals surface area (Å²) in [4.78, 5) is 12.6. The van der Waals surface area contributed by atoms with Crippen LogP contribution in [0, 0.1) is 29.1 Å². The van der Waals surface area contributed by atoms with Crippen molar-refractivity contribution >= 4 is 21.8 Å². The molecule has 0 aliphatic heterocycles.